The zero-order valence-corrected chi connectivity index (χ0v) is 13.9. The van der Waals surface area contributed by atoms with Crippen molar-refractivity contribution in [2.75, 3.05) is 14.2 Å². The van der Waals surface area contributed by atoms with Crippen molar-refractivity contribution < 1.29 is 13.9 Å². The molecule has 2 heterocycles. The van der Waals surface area contributed by atoms with Crippen LogP contribution < -0.4 is 14.8 Å². The van der Waals surface area contributed by atoms with Gasteiger partial charge in [-0.2, -0.15) is 0 Å². The SMILES string of the molecule is COc1ccc(CNCc2coc(-c3cccs3)n2)cc1OC. The molecule has 2 aromatic heterocycles. The molecule has 0 bridgehead atoms. The van der Waals surface area contributed by atoms with Gasteiger partial charge in [-0.3, -0.25) is 0 Å². The third-order valence-electron chi connectivity index (χ3n) is 3.37. The number of oxazole rings is 1. The van der Waals surface area contributed by atoms with Gasteiger partial charge in [-0.15, -0.1) is 11.3 Å². The Labute approximate surface area is 138 Å². The van der Waals surface area contributed by atoms with Gasteiger partial charge in [-0.1, -0.05) is 12.1 Å². The normalized spacial score (nSPS) is 10.7. The molecule has 6 heteroatoms. The Hall–Kier alpha value is -2.31. The lowest BCUT2D eigenvalue weighted by atomic mass is 10.2. The molecule has 0 atom stereocenters. The van der Waals surface area contributed by atoms with Gasteiger partial charge in [0.1, 0.15) is 6.26 Å². The van der Waals surface area contributed by atoms with E-state index in [4.69, 9.17) is 13.9 Å². The van der Waals surface area contributed by atoms with Gasteiger partial charge in [0.15, 0.2) is 11.5 Å². The first-order chi connectivity index (χ1) is 11.3. The number of rotatable bonds is 7. The molecule has 120 valence electrons. The summed E-state index contributed by atoms with van der Waals surface area (Å²) in [4.78, 5) is 5.52. The smallest absolute Gasteiger partial charge is 0.236 e. The second-order valence-electron chi connectivity index (χ2n) is 4.91. The van der Waals surface area contributed by atoms with E-state index in [2.05, 4.69) is 10.3 Å². The highest BCUT2D eigenvalue weighted by Gasteiger charge is 2.08. The molecule has 0 unspecified atom stereocenters. The molecule has 0 saturated heterocycles. The Kier molecular flexibility index (Phi) is 4.95. The van der Waals surface area contributed by atoms with E-state index >= 15 is 0 Å². The van der Waals surface area contributed by atoms with E-state index in [1.807, 2.05) is 35.7 Å². The van der Waals surface area contributed by atoms with Crippen molar-refractivity contribution in [2.45, 2.75) is 13.1 Å². The van der Waals surface area contributed by atoms with Crippen LogP contribution in [0.15, 0.2) is 46.4 Å². The highest BCUT2D eigenvalue weighted by atomic mass is 32.1. The highest BCUT2D eigenvalue weighted by Crippen LogP contribution is 2.27. The molecule has 0 amide bonds. The quantitative estimate of drug-likeness (QED) is 0.716. The summed E-state index contributed by atoms with van der Waals surface area (Å²) in [5, 5.41) is 5.36. The Balaban J connectivity index is 1.57. The summed E-state index contributed by atoms with van der Waals surface area (Å²) in [6.45, 7) is 1.35. The van der Waals surface area contributed by atoms with Gasteiger partial charge in [0.25, 0.3) is 0 Å². The first kappa shape index (κ1) is 15.6. The van der Waals surface area contributed by atoms with Crippen LogP contribution in [0.3, 0.4) is 0 Å². The van der Waals surface area contributed by atoms with Crippen molar-refractivity contribution in [2.24, 2.45) is 0 Å². The number of benzene rings is 1. The maximum Gasteiger partial charge on any atom is 0.236 e. The van der Waals surface area contributed by atoms with Crippen LogP contribution in [0.5, 0.6) is 11.5 Å². The number of methoxy groups -OCH3 is 2. The monoisotopic (exact) mass is 330 g/mol. The molecule has 0 saturated carbocycles. The molecule has 0 spiro atoms. The van der Waals surface area contributed by atoms with Crippen LogP contribution in [0.1, 0.15) is 11.3 Å². The molecule has 0 radical (unpaired) electrons. The van der Waals surface area contributed by atoms with Crippen molar-refractivity contribution in [1.29, 1.82) is 0 Å². The summed E-state index contributed by atoms with van der Waals surface area (Å²) in [5.41, 5.74) is 2.00. The van der Waals surface area contributed by atoms with E-state index < -0.39 is 0 Å². The molecule has 0 aliphatic carbocycles. The molecule has 0 aliphatic rings. The van der Waals surface area contributed by atoms with Gasteiger partial charge in [0, 0.05) is 13.1 Å². The van der Waals surface area contributed by atoms with E-state index in [1.165, 1.54) is 0 Å². The molecular weight excluding hydrogens is 312 g/mol. The van der Waals surface area contributed by atoms with Crippen molar-refractivity contribution >= 4 is 11.3 Å². The van der Waals surface area contributed by atoms with Crippen molar-refractivity contribution in [3.63, 3.8) is 0 Å². The number of aromatic nitrogens is 1. The Bertz CT molecular complexity index is 753. The number of nitrogens with zero attached hydrogens (tertiary/aromatic N) is 1. The van der Waals surface area contributed by atoms with Gasteiger partial charge in [-0.05, 0) is 29.1 Å². The van der Waals surface area contributed by atoms with Crippen LogP contribution in [-0.4, -0.2) is 19.2 Å². The highest BCUT2D eigenvalue weighted by molar-refractivity contribution is 7.13. The van der Waals surface area contributed by atoms with Gasteiger partial charge in [0.2, 0.25) is 5.89 Å². The van der Waals surface area contributed by atoms with E-state index in [-0.39, 0.29) is 0 Å². The van der Waals surface area contributed by atoms with Crippen LogP contribution >= 0.6 is 11.3 Å². The molecule has 3 rings (SSSR count). The lowest BCUT2D eigenvalue weighted by Crippen LogP contribution is -2.13. The zero-order chi connectivity index (χ0) is 16.1. The first-order valence-corrected chi connectivity index (χ1v) is 8.08. The minimum Gasteiger partial charge on any atom is -0.493 e. The van der Waals surface area contributed by atoms with Gasteiger partial charge in [-0.25, -0.2) is 4.98 Å². The van der Waals surface area contributed by atoms with Crippen LogP contribution in [0.4, 0.5) is 0 Å². The topological polar surface area (TPSA) is 56.5 Å². The summed E-state index contributed by atoms with van der Waals surface area (Å²) in [5.74, 6) is 2.13. The summed E-state index contributed by atoms with van der Waals surface area (Å²) in [6.07, 6.45) is 1.69. The number of nitrogens with one attached hydrogen (secondary N) is 1. The number of hydrogen-bond acceptors (Lipinski definition) is 6. The molecule has 23 heavy (non-hydrogen) atoms. The number of thiophene rings is 1. The fraction of sp³-hybridized carbons (Fsp3) is 0.235. The lowest BCUT2D eigenvalue weighted by Gasteiger charge is -2.09. The van der Waals surface area contributed by atoms with Gasteiger partial charge < -0.3 is 19.2 Å². The molecule has 1 N–H and O–H groups in total. The van der Waals surface area contributed by atoms with Crippen LogP contribution in [0, 0.1) is 0 Å². The minimum atomic E-state index is 0.642. The van der Waals surface area contributed by atoms with E-state index in [0.29, 0.717) is 19.0 Å². The van der Waals surface area contributed by atoms with Crippen molar-refractivity contribution in [1.82, 2.24) is 10.3 Å². The Morgan fingerprint density at radius 1 is 1.13 bits per heavy atom. The van der Waals surface area contributed by atoms with E-state index in [0.717, 1.165) is 27.6 Å². The van der Waals surface area contributed by atoms with Crippen molar-refractivity contribution in [3.05, 3.63) is 53.2 Å². The molecule has 1 aromatic carbocycles. The van der Waals surface area contributed by atoms with Crippen molar-refractivity contribution in [3.8, 4) is 22.3 Å². The summed E-state index contributed by atoms with van der Waals surface area (Å²) < 4.78 is 16.0. The Morgan fingerprint density at radius 2 is 2.00 bits per heavy atom. The second kappa shape index (κ2) is 7.30. The standard InChI is InChI=1S/C17H18N2O3S/c1-20-14-6-5-12(8-15(14)21-2)9-18-10-13-11-22-17(19-13)16-4-3-7-23-16/h3-8,11,18H,9-10H2,1-2H3. The lowest BCUT2D eigenvalue weighted by molar-refractivity contribution is 0.354. The predicted octanol–water partition coefficient (Wildman–Crippen LogP) is 3.71. The molecule has 3 aromatic rings. The Morgan fingerprint density at radius 3 is 2.74 bits per heavy atom. The molecular formula is C17H18N2O3S. The second-order valence-corrected chi connectivity index (χ2v) is 5.86. The zero-order valence-electron chi connectivity index (χ0n) is 13.0. The van der Waals surface area contributed by atoms with Crippen LogP contribution in [-0.2, 0) is 13.1 Å². The van der Waals surface area contributed by atoms with Gasteiger partial charge in [0.05, 0.1) is 24.8 Å². The average Bonchev–Trinajstić information content (AvgIpc) is 3.26. The third-order valence-corrected chi connectivity index (χ3v) is 4.22. The third kappa shape index (κ3) is 3.72. The minimum absolute atomic E-state index is 0.642. The first-order valence-electron chi connectivity index (χ1n) is 7.20. The summed E-state index contributed by atoms with van der Waals surface area (Å²) >= 11 is 1.62. The largest absolute Gasteiger partial charge is 0.493 e. The number of ether oxygens (including phenoxy) is 2. The average molecular weight is 330 g/mol. The van der Waals surface area contributed by atoms with Crippen LogP contribution in [0.2, 0.25) is 0 Å². The van der Waals surface area contributed by atoms with E-state index in [1.54, 1.807) is 31.8 Å². The predicted molar refractivity (Wildman–Crippen MR) is 89.9 cm³/mol. The number of hydrogen-bond donors (Lipinski definition) is 1. The van der Waals surface area contributed by atoms with Gasteiger partial charge >= 0.3 is 0 Å². The molecule has 0 aliphatic heterocycles. The molecule has 5 nitrogen and oxygen atoms in total. The maximum atomic E-state index is 5.50. The van der Waals surface area contributed by atoms with E-state index in [9.17, 15) is 0 Å². The fourth-order valence-corrected chi connectivity index (χ4v) is 2.88. The fourth-order valence-electron chi connectivity index (χ4n) is 2.23. The summed E-state index contributed by atoms with van der Waals surface area (Å²) in [7, 11) is 3.27. The maximum absolute atomic E-state index is 5.50. The summed E-state index contributed by atoms with van der Waals surface area (Å²) in [6, 6.07) is 9.86. The molecule has 0 fully saturated rings. The van der Waals surface area contributed by atoms with Crippen LogP contribution in [0.25, 0.3) is 10.8 Å².